The molecule has 13 heavy (non-hydrogen) atoms. The molecule has 0 aliphatic carbocycles. The van der Waals surface area contributed by atoms with Crippen LogP contribution in [-0.2, 0) is 9.53 Å². The molecule has 1 N–H and O–H groups in total. The number of nitrogens with zero attached hydrogens (tertiary/aromatic N) is 1. The van der Waals surface area contributed by atoms with Gasteiger partial charge in [0.1, 0.15) is 0 Å². The minimum Gasteiger partial charge on any atom is -0.453 e. The lowest BCUT2D eigenvalue weighted by Crippen LogP contribution is -2.44. The highest BCUT2D eigenvalue weighted by atomic mass is 16.5. The van der Waals surface area contributed by atoms with E-state index in [1.165, 1.54) is 7.11 Å². The van der Waals surface area contributed by atoms with Crippen LogP contribution in [0, 0.1) is 0 Å². The van der Waals surface area contributed by atoms with Gasteiger partial charge in [0.05, 0.1) is 7.11 Å². The molecule has 1 heterocycles. The van der Waals surface area contributed by atoms with Gasteiger partial charge in [-0.3, -0.25) is 4.79 Å². The van der Waals surface area contributed by atoms with Crippen molar-refractivity contribution >= 4 is 12.5 Å². The molecule has 0 aromatic rings. The minimum absolute atomic E-state index is 0.151. The normalized spacial score (nSPS) is 18.1. The molecule has 0 saturated carbocycles. The largest absolute Gasteiger partial charge is 0.453 e. The van der Waals surface area contributed by atoms with Gasteiger partial charge < -0.3 is 15.0 Å². The molecule has 0 bridgehead atoms. The van der Waals surface area contributed by atoms with E-state index in [0.29, 0.717) is 13.1 Å². The number of likely N-dealkylation sites (tertiary alicyclic amines) is 1. The molecular weight excluding hydrogens is 172 g/mol. The highest BCUT2D eigenvalue weighted by Gasteiger charge is 2.22. The Morgan fingerprint density at radius 1 is 1.54 bits per heavy atom. The van der Waals surface area contributed by atoms with Crippen molar-refractivity contribution in [2.24, 2.45) is 0 Å². The third kappa shape index (κ3) is 2.61. The Labute approximate surface area is 77.0 Å². The van der Waals surface area contributed by atoms with Crippen molar-refractivity contribution < 1.29 is 14.3 Å². The number of nitrogens with one attached hydrogen (secondary N) is 1. The fraction of sp³-hybridized carbons (Fsp3) is 0.750. The van der Waals surface area contributed by atoms with Crippen LogP contribution in [0.3, 0.4) is 0 Å². The van der Waals surface area contributed by atoms with Crippen molar-refractivity contribution in [3.63, 3.8) is 0 Å². The molecule has 1 saturated heterocycles. The van der Waals surface area contributed by atoms with Gasteiger partial charge in [0, 0.05) is 19.1 Å². The lowest BCUT2D eigenvalue weighted by Gasteiger charge is -2.30. The summed E-state index contributed by atoms with van der Waals surface area (Å²) in [6.45, 7) is 1.26. The van der Waals surface area contributed by atoms with Crippen LogP contribution in [0.2, 0.25) is 0 Å². The Balaban J connectivity index is 2.30. The van der Waals surface area contributed by atoms with Crippen molar-refractivity contribution in [2.75, 3.05) is 20.2 Å². The summed E-state index contributed by atoms with van der Waals surface area (Å²) in [5.74, 6) is 0. The van der Waals surface area contributed by atoms with E-state index in [1.54, 1.807) is 11.3 Å². The van der Waals surface area contributed by atoms with Crippen LogP contribution >= 0.6 is 0 Å². The van der Waals surface area contributed by atoms with Gasteiger partial charge in [-0.1, -0.05) is 0 Å². The van der Waals surface area contributed by atoms with E-state index in [2.05, 4.69) is 10.1 Å². The Kier molecular flexibility index (Phi) is 3.54. The van der Waals surface area contributed by atoms with Gasteiger partial charge >= 0.3 is 12.5 Å². The zero-order chi connectivity index (χ0) is 9.68. The Morgan fingerprint density at radius 2 is 2.15 bits per heavy atom. The van der Waals surface area contributed by atoms with Gasteiger partial charge in [-0.15, -0.1) is 0 Å². The lowest BCUT2D eigenvalue weighted by molar-refractivity contribution is 0.111. The van der Waals surface area contributed by atoms with E-state index in [4.69, 9.17) is 0 Å². The second-order valence-electron chi connectivity index (χ2n) is 2.98. The summed E-state index contributed by atoms with van der Waals surface area (Å²) in [4.78, 5) is 22.7. The molecule has 1 aliphatic heterocycles. The van der Waals surface area contributed by atoms with Crippen molar-refractivity contribution in [3.8, 4) is 0 Å². The summed E-state index contributed by atoms with van der Waals surface area (Å²) in [5, 5.41) is 2.58. The molecule has 5 heteroatoms. The van der Waals surface area contributed by atoms with Gasteiger partial charge in [0.2, 0.25) is 0 Å². The number of hydrogen-bond donors (Lipinski definition) is 1. The second-order valence-corrected chi connectivity index (χ2v) is 2.98. The number of amides is 2. The first-order chi connectivity index (χ1) is 6.27. The Morgan fingerprint density at radius 3 is 2.62 bits per heavy atom. The molecule has 1 fully saturated rings. The van der Waals surface area contributed by atoms with E-state index < -0.39 is 0 Å². The third-order valence-electron chi connectivity index (χ3n) is 2.19. The monoisotopic (exact) mass is 185 g/mol. The van der Waals surface area contributed by atoms with Crippen molar-refractivity contribution in [1.29, 1.82) is 0 Å². The Hall–Kier alpha value is -1.26. The zero-order valence-corrected chi connectivity index (χ0v) is 7.58. The van der Waals surface area contributed by atoms with Gasteiger partial charge in [-0.25, -0.2) is 4.79 Å². The number of rotatable bonds is 2. The number of hydrogen-bond acceptors (Lipinski definition) is 3. The molecule has 1 radical (unpaired) electrons. The molecule has 1 rings (SSSR count). The summed E-state index contributed by atoms with van der Waals surface area (Å²) in [6, 6.07) is 0.151. The van der Waals surface area contributed by atoms with E-state index in [1.807, 2.05) is 0 Å². The van der Waals surface area contributed by atoms with Crippen LogP contribution in [0.5, 0.6) is 0 Å². The maximum Gasteiger partial charge on any atom is 0.409 e. The van der Waals surface area contributed by atoms with E-state index >= 15 is 0 Å². The maximum absolute atomic E-state index is 11.0. The SMILES string of the molecule is COC(=O)N1CCC(N[C]=O)CC1. The topological polar surface area (TPSA) is 58.6 Å². The number of methoxy groups -OCH3 is 1. The van der Waals surface area contributed by atoms with Crippen LogP contribution in [-0.4, -0.2) is 43.6 Å². The molecule has 0 spiro atoms. The van der Waals surface area contributed by atoms with Crippen molar-refractivity contribution in [1.82, 2.24) is 10.2 Å². The van der Waals surface area contributed by atoms with Crippen LogP contribution < -0.4 is 5.32 Å². The molecule has 0 aromatic heterocycles. The van der Waals surface area contributed by atoms with E-state index in [9.17, 15) is 9.59 Å². The average Bonchev–Trinajstić information content (AvgIpc) is 2.18. The van der Waals surface area contributed by atoms with E-state index in [-0.39, 0.29) is 12.1 Å². The highest BCUT2D eigenvalue weighted by molar-refractivity contribution is 5.67. The Bertz CT molecular complexity index is 188. The highest BCUT2D eigenvalue weighted by Crippen LogP contribution is 2.10. The smallest absolute Gasteiger partial charge is 0.409 e. The first-order valence-electron chi connectivity index (χ1n) is 4.23. The summed E-state index contributed by atoms with van der Waals surface area (Å²) >= 11 is 0. The molecule has 1 aliphatic rings. The summed E-state index contributed by atoms with van der Waals surface area (Å²) in [6.07, 6.45) is 2.90. The predicted molar refractivity (Wildman–Crippen MR) is 45.8 cm³/mol. The fourth-order valence-corrected chi connectivity index (χ4v) is 1.42. The molecule has 5 nitrogen and oxygen atoms in total. The standard InChI is InChI=1S/C8H13N2O3/c1-13-8(12)10-4-2-7(3-5-10)9-6-11/h7H,2-5H2,1H3,(H,9,11). The van der Waals surface area contributed by atoms with Gasteiger partial charge in [-0.2, -0.15) is 0 Å². The van der Waals surface area contributed by atoms with Crippen molar-refractivity contribution in [2.45, 2.75) is 18.9 Å². The van der Waals surface area contributed by atoms with E-state index in [0.717, 1.165) is 12.8 Å². The first kappa shape index (κ1) is 9.83. The molecule has 0 unspecified atom stereocenters. The molecular formula is C8H13N2O3. The fourth-order valence-electron chi connectivity index (χ4n) is 1.42. The van der Waals surface area contributed by atoms with Crippen LogP contribution in [0.1, 0.15) is 12.8 Å². The van der Waals surface area contributed by atoms with Gasteiger partial charge in [0.15, 0.2) is 0 Å². The summed E-state index contributed by atoms with van der Waals surface area (Å²) in [7, 11) is 1.37. The number of piperidine rings is 1. The summed E-state index contributed by atoms with van der Waals surface area (Å²) in [5.41, 5.74) is 0. The van der Waals surface area contributed by atoms with Crippen LogP contribution in [0.15, 0.2) is 0 Å². The number of ether oxygens (including phenoxy) is 1. The van der Waals surface area contributed by atoms with Gasteiger partial charge in [0.25, 0.3) is 0 Å². The maximum atomic E-state index is 11.0. The van der Waals surface area contributed by atoms with Crippen LogP contribution in [0.25, 0.3) is 0 Å². The average molecular weight is 185 g/mol. The molecule has 0 atom stereocenters. The number of carbonyl (C=O) groups excluding carboxylic acids is 2. The lowest BCUT2D eigenvalue weighted by atomic mass is 10.1. The first-order valence-corrected chi connectivity index (χ1v) is 4.23. The molecule has 2 amide bonds. The minimum atomic E-state index is -0.298. The molecule has 73 valence electrons. The zero-order valence-electron chi connectivity index (χ0n) is 7.58. The molecule has 0 aromatic carbocycles. The third-order valence-corrected chi connectivity index (χ3v) is 2.19. The van der Waals surface area contributed by atoms with Gasteiger partial charge in [-0.05, 0) is 12.8 Å². The predicted octanol–water partition coefficient (Wildman–Crippen LogP) is -0.126. The second kappa shape index (κ2) is 4.69. The summed E-state index contributed by atoms with van der Waals surface area (Å²) < 4.78 is 4.57. The van der Waals surface area contributed by atoms with Crippen LogP contribution in [0.4, 0.5) is 4.79 Å². The number of carbonyl (C=O) groups is 1. The quantitative estimate of drug-likeness (QED) is 0.610. The van der Waals surface area contributed by atoms with Crippen molar-refractivity contribution in [3.05, 3.63) is 0 Å².